The Morgan fingerprint density at radius 1 is 1.21 bits per heavy atom. The Labute approximate surface area is 195 Å². The van der Waals surface area contributed by atoms with Crippen molar-refractivity contribution < 1.29 is 18.1 Å². The van der Waals surface area contributed by atoms with Gasteiger partial charge in [0.1, 0.15) is 11.3 Å². The van der Waals surface area contributed by atoms with Crippen molar-refractivity contribution in [1.29, 1.82) is 0 Å². The SMILES string of the molecule is Cn1cc(-c2ccnc(OCC3CCOCC3)c2)c2oc(CN3CCS(=O)CC3)cc2c1=O. The second-order valence-corrected chi connectivity index (χ2v) is 10.5. The van der Waals surface area contributed by atoms with Crippen LogP contribution in [0.15, 0.2) is 39.8 Å². The summed E-state index contributed by atoms with van der Waals surface area (Å²) in [5, 5.41) is 0.562. The summed E-state index contributed by atoms with van der Waals surface area (Å²) in [4.78, 5) is 19.4. The van der Waals surface area contributed by atoms with Crippen molar-refractivity contribution in [3.05, 3.63) is 46.7 Å². The number of furan rings is 1. The lowest BCUT2D eigenvalue weighted by molar-refractivity contribution is 0.0490. The first-order chi connectivity index (χ1) is 16.1. The number of nitrogens with zero attached hydrogens (tertiary/aromatic N) is 3. The summed E-state index contributed by atoms with van der Waals surface area (Å²) >= 11 is 0. The molecule has 2 fully saturated rings. The van der Waals surface area contributed by atoms with E-state index < -0.39 is 10.8 Å². The highest BCUT2D eigenvalue weighted by Crippen LogP contribution is 2.31. The zero-order valence-electron chi connectivity index (χ0n) is 18.8. The van der Waals surface area contributed by atoms with Gasteiger partial charge in [0.05, 0.1) is 18.5 Å². The van der Waals surface area contributed by atoms with E-state index in [0.29, 0.717) is 47.4 Å². The molecule has 0 unspecified atom stereocenters. The molecule has 2 saturated heterocycles. The Balaban J connectivity index is 1.41. The van der Waals surface area contributed by atoms with Gasteiger partial charge in [0.25, 0.3) is 5.56 Å². The molecule has 0 amide bonds. The molecule has 3 aromatic rings. The van der Waals surface area contributed by atoms with Gasteiger partial charge < -0.3 is 18.5 Å². The van der Waals surface area contributed by atoms with Gasteiger partial charge in [-0.15, -0.1) is 0 Å². The fourth-order valence-corrected chi connectivity index (χ4v) is 5.54. The molecule has 0 aliphatic carbocycles. The fourth-order valence-electron chi connectivity index (χ4n) is 4.41. The third-order valence-electron chi connectivity index (χ3n) is 6.40. The van der Waals surface area contributed by atoms with Gasteiger partial charge in [0.2, 0.25) is 5.88 Å². The van der Waals surface area contributed by atoms with Crippen LogP contribution in [0.3, 0.4) is 0 Å². The second kappa shape index (κ2) is 9.79. The van der Waals surface area contributed by atoms with Crippen LogP contribution in [0.4, 0.5) is 0 Å². The number of pyridine rings is 2. The summed E-state index contributed by atoms with van der Waals surface area (Å²) in [7, 11) is 1.03. The minimum atomic E-state index is -0.725. The molecule has 8 nitrogen and oxygen atoms in total. The fraction of sp³-hybridized carbons (Fsp3) is 0.500. The molecule has 3 aromatic heterocycles. The van der Waals surface area contributed by atoms with E-state index in [1.807, 2.05) is 18.2 Å². The van der Waals surface area contributed by atoms with Crippen LogP contribution in [0.2, 0.25) is 0 Å². The van der Waals surface area contributed by atoms with Crippen LogP contribution in [0.5, 0.6) is 5.88 Å². The van der Waals surface area contributed by atoms with E-state index in [1.165, 1.54) is 0 Å². The lowest BCUT2D eigenvalue weighted by Crippen LogP contribution is -2.37. The normalized spacial score (nSPS) is 18.7. The van der Waals surface area contributed by atoms with Crippen LogP contribution in [0, 0.1) is 5.92 Å². The number of hydrogen-bond acceptors (Lipinski definition) is 7. The van der Waals surface area contributed by atoms with Crippen LogP contribution in [-0.4, -0.2) is 63.1 Å². The molecule has 0 aromatic carbocycles. The van der Waals surface area contributed by atoms with Crippen LogP contribution in [0.1, 0.15) is 18.6 Å². The molecular weight excluding hydrogens is 442 g/mol. The van der Waals surface area contributed by atoms with Gasteiger partial charge in [0, 0.05) is 79.7 Å². The number of fused-ring (bicyclic) bond motifs is 1. The van der Waals surface area contributed by atoms with Crippen LogP contribution in [-0.2, 0) is 29.1 Å². The number of aryl methyl sites for hydroxylation is 1. The third kappa shape index (κ3) is 5.05. The van der Waals surface area contributed by atoms with E-state index in [2.05, 4.69) is 9.88 Å². The first-order valence-electron chi connectivity index (χ1n) is 11.4. The lowest BCUT2D eigenvalue weighted by Gasteiger charge is -2.24. The Morgan fingerprint density at radius 3 is 2.79 bits per heavy atom. The van der Waals surface area contributed by atoms with Crippen LogP contribution in [0.25, 0.3) is 22.1 Å². The molecule has 176 valence electrons. The predicted molar refractivity (Wildman–Crippen MR) is 127 cm³/mol. The van der Waals surface area contributed by atoms with Crippen molar-refractivity contribution in [1.82, 2.24) is 14.5 Å². The quantitative estimate of drug-likeness (QED) is 0.546. The summed E-state index contributed by atoms with van der Waals surface area (Å²) in [6, 6.07) is 5.65. The molecule has 5 rings (SSSR count). The summed E-state index contributed by atoms with van der Waals surface area (Å²) in [5.41, 5.74) is 2.21. The number of hydrogen-bond donors (Lipinski definition) is 0. The number of aromatic nitrogens is 2. The molecule has 33 heavy (non-hydrogen) atoms. The van der Waals surface area contributed by atoms with Crippen LogP contribution >= 0.6 is 0 Å². The van der Waals surface area contributed by atoms with Crippen molar-refractivity contribution in [3.8, 4) is 17.0 Å². The maximum absolute atomic E-state index is 12.8. The average molecular weight is 472 g/mol. The monoisotopic (exact) mass is 471 g/mol. The highest BCUT2D eigenvalue weighted by Gasteiger charge is 2.20. The molecular formula is C24H29N3O5S. The molecule has 9 heteroatoms. The molecule has 2 aliphatic rings. The molecule has 0 atom stereocenters. The molecule has 0 radical (unpaired) electrons. The van der Waals surface area contributed by atoms with Crippen molar-refractivity contribution in [2.75, 3.05) is 44.4 Å². The summed E-state index contributed by atoms with van der Waals surface area (Å²) < 4.78 is 30.9. The summed E-state index contributed by atoms with van der Waals surface area (Å²) in [6.45, 7) is 4.33. The maximum Gasteiger partial charge on any atom is 0.261 e. The molecule has 0 bridgehead atoms. The van der Waals surface area contributed by atoms with E-state index in [4.69, 9.17) is 13.9 Å². The minimum Gasteiger partial charge on any atom is -0.477 e. The Hall–Kier alpha value is -2.49. The Kier molecular flexibility index (Phi) is 6.62. The van der Waals surface area contributed by atoms with E-state index >= 15 is 0 Å². The van der Waals surface area contributed by atoms with E-state index in [-0.39, 0.29) is 5.56 Å². The standard InChI is InChI=1S/C24H29N3O5S/c1-26-15-21(18-2-5-25-22(12-18)31-16-17-3-8-30-9-4-17)23-20(24(26)28)13-19(32-23)14-27-6-10-33(29)11-7-27/h2,5,12-13,15,17H,3-4,6-11,14,16H2,1H3. The number of ether oxygens (including phenoxy) is 2. The Bertz CT molecular complexity index is 1200. The van der Waals surface area contributed by atoms with Gasteiger partial charge in [0.15, 0.2) is 0 Å². The topological polar surface area (TPSA) is 86.8 Å². The molecule has 0 saturated carbocycles. The van der Waals surface area contributed by atoms with Gasteiger partial charge in [-0.1, -0.05) is 0 Å². The van der Waals surface area contributed by atoms with Gasteiger partial charge >= 0.3 is 0 Å². The van der Waals surface area contributed by atoms with Crippen molar-refractivity contribution >= 4 is 21.8 Å². The van der Waals surface area contributed by atoms with Gasteiger partial charge in [-0.25, -0.2) is 4.98 Å². The van der Waals surface area contributed by atoms with E-state index in [1.54, 1.807) is 24.0 Å². The summed E-state index contributed by atoms with van der Waals surface area (Å²) in [5.74, 6) is 3.15. The third-order valence-corrected chi connectivity index (χ3v) is 7.68. The maximum atomic E-state index is 12.8. The highest BCUT2D eigenvalue weighted by atomic mass is 32.2. The second-order valence-electron chi connectivity index (χ2n) is 8.79. The molecule has 0 spiro atoms. The van der Waals surface area contributed by atoms with E-state index in [9.17, 15) is 9.00 Å². The first-order valence-corrected chi connectivity index (χ1v) is 12.9. The molecule has 0 N–H and O–H groups in total. The number of rotatable bonds is 6. The molecule has 2 aliphatic heterocycles. The lowest BCUT2D eigenvalue weighted by atomic mass is 10.0. The smallest absolute Gasteiger partial charge is 0.261 e. The van der Waals surface area contributed by atoms with Crippen molar-refractivity contribution in [2.45, 2.75) is 19.4 Å². The first kappa shape index (κ1) is 22.3. The van der Waals surface area contributed by atoms with Gasteiger partial charge in [-0.05, 0) is 36.5 Å². The predicted octanol–water partition coefficient (Wildman–Crippen LogP) is 2.56. The largest absolute Gasteiger partial charge is 0.477 e. The Morgan fingerprint density at radius 2 is 2.00 bits per heavy atom. The minimum absolute atomic E-state index is 0.0893. The van der Waals surface area contributed by atoms with Crippen LogP contribution < -0.4 is 10.3 Å². The van der Waals surface area contributed by atoms with E-state index in [0.717, 1.165) is 56.0 Å². The average Bonchev–Trinajstić information content (AvgIpc) is 3.26. The molecule has 5 heterocycles. The zero-order chi connectivity index (χ0) is 22.8. The summed E-state index contributed by atoms with van der Waals surface area (Å²) in [6.07, 6.45) is 5.54. The van der Waals surface area contributed by atoms with Gasteiger partial charge in [-0.2, -0.15) is 0 Å². The highest BCUT2D eigenvalue weighted by molar-refractivity contribution is 7.85. The van der Waals surface area contributed by atoms with Crippen molar-refractivity contribution in [3.63, 3.8) is 0 Å². The zero-order valence-corrected chi connectivity index (χ0v) is 19.6. The van der Waals surface area contributed by atoms with Crippen molar-refractivity contribution in [2.24, 2.45) is 13.0 Å². The van der Waals surface area contributed by atoms with Gasteiger partial charge in [-0.3, -0.25) is 13.9 Å².